The van der Waals surface area contributed by atoms with Crippen LogP contribution in [0.2, 0.25) is 0 Å². The van der Waals surface area contributed by atoms with Gasteiger partial charge in [0.25, 0.3) is 5.91 Å². The van der Waals surface area contributed by atoms with Gasteiger partial charge in [0.05, 0.1) is 6.54 Å². The Hall–Kier alpha value is -3.04. The van der Waals surface area contributed by atoms with Gasteiger partial charge in [-0.2, -0.15) is 0 Å². The lowest BCUT2D eigenvalue weighted by Crippen LogP contribution is -2.49. The van der Waals surface area contributed by atoms with Gasteiger partial charge in [0.15, 0.2) is 0 Å². The van der Waals surface area contributed by atoms with Gasteiger partial charge >= 0.3 is 6.03 Å². The first kappa shape index (κ1) is 22.3. The summed E-state index contributed by atoms with van der Waals surface area (Å²) in [5.41, 5.74) is -2.68. The lowest BCUT2D eigenvalue weighted by atomic mass is 9.91. The van der Waals surface area contributed by atoms with E-state index in [-0.39, 0.29) is 12.1 Å². The van der Waals surface area contributed by atoms with Crippen LogP contribution in [-0.2, 0) is 19.9 Å². The van der Waals surface area contributed by atoms with E-state index in [1.807, 2.05) is 0 Å². The largest absolute Gasteiger partial charge is 0.350 e. The zero-order valence-corrected chi connectivity index (χ0v) is 16.9. The lowest BCUT2D eigenvalue weighted by molar-refractivity contribution is -0.139. The number of halogens is 2. The number of amides is 5. The number of hydrogen-bond acceptors (Lipinski definition) is 4. The van der Waals surface area contributed by atoms with Crippen LogP contribution in [0.15, 0.2) is 18.2 Å². The number of benzene rings is 1. The molecule has 0 bridgehead atoms. The average molecular weight is 410 g/mol. The molecule has 158 valence electrons. The third kappa shape index (κ3) is 4.87. The average Bonchev–Trinajstić information content (AvgIpc) is 2.79. The standard InChI is InChI=1S/C19H24F2N4O4/c1-18(2,3)22-14(26)9-24(5)15(27)10-25-16(28)19(4,23-17(25)29)12-8-11(20)6-7-13(12)21/h6-8H,9-10H2,1-5H3,(H,22,26)(H,23,29)/t19-/m0/s1. The summed E-state index contributed by atoms with van der Waals surface area (Å²) < 4.78 is 27.7. The highest BCUT2D eigenvalue weighted by atomic mass is 19.1. The molecule has 1 aliphatic rings. The van der Waals surface area contributed by atoms with Crippen LogP contribution < -0.4 is 10.6 Å². The number of imide groups is 1. The molecule has 0 aromatic heterocycles. The topological polar surface area (TPSA) is 98.8 Å². The maximum Gasteiger partial charge on any atom is 0.325 e. The Morgan fingerprint density at radius 2 is 1.86 bits per heavy atom. The molecule has 0 unspecified atom stereocenters. The number of carbonyl (C=O) groups is 4. The predicted molar refractivity (Wildman–Crippen MR) is 99.5 cm³/mol. The molecule has 0 aliphatic carbocycles. The molecule has 10 heteroatoms. The van der Waals surface area contributed by atoms with Crippen LogP contribution in [0.1, 0.15) is 33.3 Å². The molecule has 1 aromatic rings. The number of nitrogens with zero attached hydrogens (tertiary/aromatic N) is 2. The third-order valence-corrected chi connectivity index (χ3v) is 4.36. The summed E-state index contributed by atoms with van der Waals surface area (Å²) in [5.74, 6) is -3.61. The number of urea groups is 1. The minimum absolute atomic E-state index is 0.268. The van der Waals surface area contributed by atoms with Crippen molar-refractivity contribution in [3.8, 4) is 0 Å². The van der Waals surface area contributed by atoms with Crippen molar-refractivity contribution in [3.05, 3.63) is 35.4 Å². The first-order valence-corrected chi connectivity index (χ1v) is 8.89. The highest BCUT2D eigenvalue weighted by Gasteiger charge is 2.51. The summed E-state index contributed by atoms with van der Waals surface area (Å²) in [4.78, 5) is 51.1. The van der Waals surface area contributed by atoms with Gasteiger partial charge in [0.1, 0.15) is 23.7 Å². The first-order valence-electron chi connectivity index (χ1n) is 8.89. The van der Waals surface area contributed by atoms with Crippen LogP contribution in [0.25, 0.3) is 0 Å². The highest BCUT2D eigenvalue weighted by molar-refractivity contribution is 6.09. The molecule has 0 radical (unpaired) electrons. The van der Waals surface area contributed by atoms with Crippen molar-refractivity contribution in [2.75, 3.05) is 20.1 Å². The number of rotatable bonds is 5. The van der Waals surface area contributed by atoms with E-state index in [9.17, 15) is 28.0 Å². The van der Waals surface area contributed by atoms with E-state index >= 15 is 0 Å². The second-order valence-corrected chi connectivity index (χ2v) is 8.12. The summed E-state index contributed by atoms with van der Waals surface area (Å²) in [6, 6.07) is 1.65. The molecule has 8 nitrogen and oxygen atoms in total. The minimum Gasteiger partial charge on any atom is -0.350 e. The number of hydrogen-bond donors (Lipinski definition) is 2. The summed E-state index contributed by atoms with van der Waals surface area (Å²) in [5, 5.41) is 5.00. The van der Waals surface area contributed by atoms with E-state index in [0.29, 0.717) is 4.90 Å². The van der Waals surface area contributed by atoms with Gasteiger partial charge in [-0.15, -0.1) is 0 Å². The quantitative estimate of drug-likeness (QED) is 0.711. The van der Waals surface area contributed by atoms with Crippen LogP contribution in [0.5, 0.6) is 0 Å². The maximum absolute atomic E-state index is 14.2. The van der Waals surface area contributed by atoms with Crippen LogP contribution in [-0.4, -0.2) is 59.2 Å². The van der Waals surface area contributed by atoms with Crippen LogP contribution in [0.3, 0.4) is 0 Å². The summed E-state index contributed by atoms with van der Waals surface area (Å²) >= 11 is 0. The monoisotopic (exact) mass is 410 g/mol. The van der Waals surface area contributed by atoms with E-state index in [4.69, 9.17) is 0 Å². The molecule has 1 saturated heterocycles. The minimum atomic E-state index is -1.86. The fourth-order valence-corrected chi connectivity index (χ4v) is 2.92. The van der Waals surface area contributed by atoms with Crippen LogP contribution >= 0.6 is 0 Å². The van der Waals surface area contributed by atoms with Gasteiger partial charge in [-0.3, -0.25) is 19.3 Å². The van der Waals surface area contributed by atoms with Crippen molar-refractivity contribution in [1.29, 1.82) is 0 Å². The van der Waals surface area contributed by atoms with Crippen LogP contribution in [0.4, 0.5) is 13.6 Å². The van der Waals surface area contributed by atoms with Gasteiger partial charge in [-0.1, -0.05) is 0 Å². The number of carbonyl (C=O) groups excluding carboxylic acids is 4. The molecule has 5 amide bonds. The first-order chi connectivity index (χ1) is 13.2. The fraction of sp³-hybridized carbons (Fsp3) is 0.474. The molecule has 2 rings (SSSR count). The molecule has 1 aromatic carbocycles. The smallest absolute Gasteiger partial charge is 0.325 e. The van der Waals surface area contributed by atoms with Crippen molar-refractivity contribution in [2.24, 2.45) is 0 Å². The van der Waals surface area contributed by atoms with Gasteiger partial charge in [-0.05, 0) is 45.9 Å². The summed E-state index contributed by atoms with van der Waals surface area (Å²) in [6.07, 6.45) is 0. The van der Waals surface area contributed by atoms with Gasteiger partial charge in [-0.25, -0.2) is 13.6 Å². The van der Waals surface area contributed by atoms with Gasteiger partial charge < -0.3 is 15.5 Å². The van der Waals surface area contributed by atoms with Crippen molar-refractivity contribution in [1.82, 2.24) is 20.4 Å². The van der Waals surface area contributed by atoms with Crippen molar-refractivity contribution in [2.45, 2.75) is 38.8 Å². The van der Waals surface area contributed by atoms with E-state index < -0.39 is 53.0 Å². The van der Waals surface area contributed by atoms with Gasteiger partial charge in [0, 0.05) is 18.2 Å². The Bertz CT molecular complexity index is 868. The number of nitrogens with one attached hydrogen (secondary N) is 2. The van der Waals surface area contributed by atoms with Crippen molar-refractivity contribution < 1.29 is 28.0 Å². The van der Waals surface area contributed by atoms with Crippen LogP contribution in [0, 0.1) is 11.6 Å². The lowest BCUT2D eigenvalue weighted by Gasteiger charge is -2.25. The maximum atomic E-state index is 14.2. The Morgan fingerprint density at radius 1 is 1.24 bits per heavy atom. The second-order valence-electron chi connectivity index (χ2n) is 8.12. The molecule has 1 atom stereocenters. The summed E-state index contributed by atoms with van der Waals surface area (Å²) in [6.45, 7) is 5.67. The van der Waals surface area contributed by atoms with E-state index in [2.05, 4.69) is 10.6 Å². The van der Waals surface area contributed by atoms with Gasteiger partial charge in [0.2, 0.25) is 11.8 Å². The highest BCUT2D eigenvalue weighted by Crippen LogP contribution is 2.31. The molecular formula is C19H24F2N4O4. The fourth-order valence-electron chi connectivity index (χ4n) is 2.92. The molecule has 0 spiro atoms. The molecular weight excluding hydrogens is 386 g/mol. The van der Waals surface area contributed by atoms with E-state index in [0.717, 1.165) is 23.1 Å². The Kier molecular flexibility index (Phi) is 5.96. The molecule has 1 aliphatic heterocycles. The normalized spacial score (nSPS) is 19.2. The Balaban J connectivity index is 2.13. The zero-order chi connectivity index (χ0) is 22.1. The second kappa shape index (κ2) is 7.76. The molecule has 29 heavy (non-hydrogen) atoms. The molecule has 0 saturated carbocycles. The molecule has 2 N–H and O–H groups in total. The predicted octanol–water partition coefficient (Wildman–Crippen LogP) is 1.10. The summed E-state index contributed by atoms with van der Waals surface area (Å²) in [7, 11) is 1.36. The third-order valence-electron chi connectivity index (χ3n) is 4.36. The number of likely N-dealkylation sites (N-methyl/N-ethyl adjacent to an activating group) is 1. The van der Waals surface area contributed by atoms with Crippen molar-refractivity contribution >= 4 is 23.8 Å². The van der Waals surface area contributed by atoms with E-state index in [1.54, 1.807) is 20.8 Å². The molecule has 1 fully saturated rings. The Labute approximate surface area is 167 Å². The van der Waals surface area contributed by atoms with Crippen molar-refractivity contribution in [3.63, 3.8) is 0 Å². The van der Waals surface area contributed by atoms with E-state index in [1.165, 1.54) is 14.0 Å². The molecule has 1 heterocycles. The Morgan fingerprint density at radius 3 is 2.45 bits per heavy atom. The zero-order valence-electron chi connectivity index (χ0n) is 16.9. The SMILES string of the molecule is CN(CC(=O)NC(C)(C)C)C(=O)CN1C(=O)N[C@@](C)(c2cc(F)ccc2F)C1=O.